The van der Waals surface area contributed by atoms with Gasteiger partial charge in [0.2, 0.25) is 5.89 Å². The van der Waals surface area contributed by atoms with Crippen molar-refractivity contribution < 1.29 is 13.6 Å². The number of ether oxygens (including phenoxy) is 1. The van der Waals surface area contributed by atoms with Gasteiger partial charge in [-0.3, -0.25) is 0 Å². The first-order chi connectivity index (χ1) is 12.1. The van der Waals surface area contributed by atoms with Crippen LogP contribution in [0.1, 0.15) is 0 Å². The number of aromatic nitrogens is 2. The zero-order chi connectivity index (χ0) is 17.4. The van der Waals surface area contributed by atoms with E-state index >= 15 is 0 Å². The average Bonchev–Trinajstić information content (AvgIpc) is 3.11. The van der Waals surface area contributed by atoms with Crippen LogP contribution in [-0.2, 0) is 0 Å². The van der Waals surface area contributed by atoms with Gasteiger partial charge in [0.1, 0.15) is 16.9 Å². The molecule has 124 valence electrons. The third-order valence-electron chi connectivity index (χ3n) is 3.69. The molecule has 25 heavy (non-hydrogen) atoms. The van der Waals surface area contributed by atoms with Crippen LogP contribution in [0.25, 0.3) is 33.9 Å². The number of hydrogen-bond acceptors (Lipinski definition) is 6. The Labute approximate surface area is 146 Å². The van der Waals surface area contributed by atoms with Crippen molar-refractivity contribution in [2.24, 2.45) is 0 Å². The molecular weight excluding hydrogens is 344 g/mol. The maximum atomic E-state index is 12.3. The first-order valence-corrected chi connectivity index (χ1v) is 7.73. The number of rotatable bonds is 3. The molecule has 0 aliphatic heterocycles. The number of nitrogens with zero attached hydrogens (tertiary/aromatic N) is 2. The van der Waals surface area contributed by atoms with E-state index in [0.29, 0.717) is 27.8 Å². The summed E-state index contributed by atoms with van der Waals surface area (Å²) in [6, 6.07) is 13.8. The van der Waals surface area contributed by atoms with Crippen LogP contribution in [0.2, 0.25) is 5.02 Å². The predicted molar refractivity (Wildman–Crippen MR) is 92.8 cm³/mol. The highest BCUT2D eigenvalue weighted by Crippen LogP contribution is 2.26. The number of halogens is 1. The summed E-state index contributed by atoms with van der Waals surface area (Å²) in [6.45, 7) is 0. The van der Waals surface area contributed by atoms with Crippen molar-refractivity contribution in [3.8, 4) is 28.7 Å². The molecular formula is C18H11ClN2O4. The molecule has 0 unspecified atom stereocenters. The van der Waals surface area contributed by atoms with E-state index in [1.165, 1.54) is 0 Å². The summed E-state index contributed by atoms with van der Waals surface area (Å²) in [4.78, 5) is 12.3. The fourth-order valence-electron chi connectivity index (χ4n) is 2.41. The minimum atomic E-state index is -0.563. The first-order valence-electron chi connectivity index (χ1n) is 7.36. The lowest BCUT2D eigenvalue weighted by atomic mass is 10.2. The Morgan fingerprint density at radius 1 is 0.960 bits per heavy atom. The summed E-state index contributed by atoms with van der Waals surface area (Å²) in [6.07, 6.45) is 0. The Morgan fingerprint density at radius 2 is 1.72 bits per heavy atom. The second-order valence-corrected chi connectivity index (χ2v) is 5.71. The lowest BCUT2D eigenvalue weighted by Gasteiger charge is -2.02. The Kier molecular flexibility index (Phi) is 3.74. The minimum absolute atomic E-state index is 0.0939. The highest BCUT2D eigenvalue weighted by Gasteiger charge is 2.16. The molecule has 0 fully saturated rings. The van der Waals surface area contributed by atoms with Crippen LogP contribution in [0, 0.1) is 0 Å². The molecule has 0 spiro atoms. The van der Waals surface area contributed by atoms with Crippen molar-refractivity contribution in [1.29, 1.82) is 0 Å². The van der Waals surface area contributed by atoms with Crippen LogP contribution in [0.5, 0.6) is 5.75 Å². The Bertz CT molecular complexity index is 1120. The molecule has 7 heteroatoms. The van der Waals surface area contributed by atoms with Gasteiger partial charge < -0.3 is 13.6 Å². The highest BCUT2D eigenvalue weighted by atomic mass is 35.5. The van der Waals surface area contributed by atoms with E-state index in [1.807, 2.05) is 0 Å². The zero-order valence-electron chi connectivity index (χ0n) is 13.0. The average molecular weight is 355 g/mol. The van der Waals surface area contributed by atoms with Crippen molar-refractivity contribution in [3.63, 3.8) is 0 Å². The summed E-state index contributed by atoms with van der Waals surface area (Å²) in [7, 11) is 1.55. The Morgan fingerprint density at radius 3 is 2.48 bits per heavy atom. The Balaban J connectivity index is 1.78. The van der Waals surface area contributed by atoms with E-state index in [2.05, 4.69) is 10.2 Å². The van der Waals surface area contributed by atoms with Gasteiger partial charge in [-0.25, -0.2) is 4.79 Å². The van der Waals surface area contributed by atoms with Crippen LogP contribution in [0.4, 0.5) is 0 Å². The van der Waals surface area contributed by atoms with Gasteiger partial charge >= 0.3 is 5.63 Å². The summed E-state index contributed by atoms with van der Waals surface area (Å²) in [5, 5.41) is 9.26. The van der Waals surface area contributed by atoms with Crippen LogP contribution in [0.15, 0.2) is 62.2 Å². The van der Waals surface area contributed by atoms with Gasteiger partial charge in [0, 0.05) is 22.0 Å². The lowest BCUT2D eigenvalue weighted by molar-refractivity contribution is 0.414. The monoisotopic (exact) mass is 354 g/mol. The van der Waals surface area contributed by atoms with Gasteiger partial charge in [0.05, 0.1) is 7.11 Å². The molecule has 0 aliphatic carbocycles. The Hall–Kier alpha value is -3.12. The van der Waals surface area contributed by atoms with E-state index in [0.717, 1.165) is 5.39 Å². The summed E-state index contributed by atoms with van der Waals surface area (Å²) >= 11 is 5.87. The third kappa shape index (κ3) is 2.88. The predicted octanol–water partition coefficient (Wildman–Crippen LogP) is 4.17. The van der Waals surface area contributed by atoms with Crippen molar-refractivity contribution >= 4 is 22.6 Å². The van der Waals surface area contributed by atoms with E-state index in [9.17, 15) is 4.79 Å². The van der Waals surface area contributed by atoms with Crippen LogP contribution >= 0.6 is 11.6 Å². The van der Waals surface area contributed by atoms with Crippen molar-refractivity contribution in [3.05, 3.63) is 64.0 Å². The molecule has 0 saturated heterocycles. The maximum Gasteiger partial charge on any atom is 0.349 e. The van der Waals surface area contributed by atoms with Gasteiger partial charge in [-0.05, 0) is 42.5 Å². The van der Waals surface area contributed by atoms with E-state index < -0.39 is 5.63 Å². The summed E-state index contributed by atoms with van der Waals surface area (Å²) in [5.41, 5.74) is 0.765. The number of methoxy groups -OCH3 is 1. The van der Waals surface area contributed by atoms with Gasteiger partial charge in [-0.2, -0.15) is 0 Å². The SMILES string of the molecule is COc1ccc2cc(-c3nnc(-c4ccc(Cl)cc4)o3)c(=O)oc2c1. The summed E-state index contributed by atoms with van der Waals surface area (Å²) < 4.78 is 16.1. The van der Waals surface area contributed by atoms with Crippen molar-refractivity contribution in [2.75, 3.05) is 7.11 Å². The molecule has 2 aromatic heterocycles. The van der Waals surface area contributed by atoms with Crippen LogP contribution in [-0.4, -0.2) is 17.3 Å². The van der Waals surface area contributed by atoms with E-state index in [1.54, 1.807) is 55.6 Å². The molecule has 2 aromatic carbocycles. The molecule has 0 atom stereocenters. The standard InChI is InChI=1S/C18H11ClN2O4/c1-23-13-7-4-11-8-14(18(22)24-15(11)9-13)17-21-20-16(25-17)10-2-5-12(19)6-3-10/h2-9H,1H3. The topological polar surface area (TPSA) is 78.4 Å². The minimum Gasteiger partial charge on any atom is -0.497 e. The largest absolute Gasteiger partial charge is 0.497 e. The first kappa shape index (κ1) is 15.4. The van der Waals surface area contributed by atoms with Crippen LogP contribution in [0.3, 0.4) is 0 Å². The quantitative estimate of drug-likeness (QED) is 0.514. The number of benzene rings is 2. The molecule has 0 amide bonds. The molecule has 0 bridgehead atoms. The second kappa shape index (κ2) is 6.07. The molecule has 6 nitrogen and oxygen atoms in total. The van der Waals surface area contributed by atoms with Gasteiger partial charge in [0.25, 0.3) is 5.89 Å². The molecule has 4 rings (SSSR count). The fraction of sp³-hybridized carbons (Fsp3) is 0.0556. The molecule has 2 heterocycles. The van der Waals surface area contributed by atoms with Gasteiger partial charge in [-0.15, -0.1) is 10.2 Å². The normalized spacial score (nSPS) is 11.0. The third-order valence-corrected chi connectivity index (χ3v) is 3.94. The molecule has 0 saturated carbocycles. The van der Waals surface area contributed by atoms with Crippen LogP contribution < -0.4 is 10.4 Å². The molecule has 0 radical (unpaired) electrons. The smallest absolute Gasteiger partial charge is 0.349 e. The maximum absolute atomic E-state index is 12.3. The fourth-order valence-corrected chi connectivity index (χ4v) is 2.53. The zero-order valence-corrected chi connectivity index (χ0v) is 13.8. The molecule has 4 aromatic rings. The van der Waals surface area contributed by atoms with Gasteiger partial charge in [0.15, 0.2) is 0 Å². The van der Waals surface area contributed by atoms with E-state index in [-0.39, 0.29) is 11.5 Å². The molecule has 0 aliphatic rings. The van der Waals surface area contributed by atoms with Crippen molar-refractivity contribution in [1.82, 2.24) is 10.2 Å². The van der Waals surface area contributed by atoms with Gasteiger partial charge in [-0.1, -0.05) is 11.6 Å². The number of hydrogen-bond donors (Lipinski definition) is 0. The number of fused-ring (bicyclic) bond motifs is 1. The second-order valence-electron chi connectivity index (χ2n) is 5.27. The lowest BCUT2D eigenvalue weighted by Crippen LogP contribution is -2.03. The summed E-state index contributed by atoms with van der Waals surface area (Å²) in [5.74, 6) is 0.989. The van der Waals surface area contributed by atoms with E-state index in [4.69, 9.17) is 25.2 Å². The highest BCUT2D eigenvalue weighted by molar-refractivity contribution is 6.30. The molecule has 0 N–H and O–H groups in total. The van der Waals surface area contributed by atoms with Crippen molar-refractivity contribution in [2.45, 2.75) is 0 Å².